The van der Waals surface area contributed by atoms with Crippen molar-refractivity contribution in [3.05, 3.63) is 46.9 Å². The molecule has 0 atom stereocenters. The molecule has 1 aromatic carbocycles. The lowest BCUT2D eigenvalue weighted by Crippen LogP contribution is -1.99. The van der Waals surface area contributed by atoms with Crippen LogP contribution in [0.1, 0.15) is 27.4 Å². The van der Waals surface area contributed by atoms with Gasteiger partial charge in [0, 0.05) is 5.69 Å². The topological polar surface area (TPSA) is 71.7 Å². The number of nitrogens with one attached hydrogen (secondary N) is 1. The van der Waals surface area contributed by atoms with E-state index in [4.69, 9.17) is 14.3 Å². The minimum atomic E-state index is -0.974. The first-order chi connectivity index (χ1) is 9.51. The summed E-state index contributed by atoms with van der Waals surface area (Å²) >= 11 is 0. The van der Waals surface area contributed by atoms with Crippen molar-refractivity contribution in [3.8, 4) is 5.75 Å². The summed E-state index contributed by atoms with van der Waals surface area (Å²) in [6, 6.07) is 7.29. The second-order valence-electron chi connectivity index (χ2n) is 4.53. The van der Waals surface area contributed by atoms with Crippen molar-refractivity contribution in [2.75, 3.05) is 12.4 Å². The Kier molecular flexibility index (Phi) is 3.98. The number of carboxylic acid groups (broad SMARTS) is 1. The maximum Gasteiger partial charge on any atom is 0.339 e. The van der Waals surface area contributed by atoms with Crippen LogP contribution >= 0.6 is 0 Å². The molecule has 20 heavy (non-hydrogen) atoms. The van der Waals surface area contributed by atoms with Crippen molar-refractivity contribution in [1.82, 2.24) is 0 Å². The van der Waals surface area contributed by atoms with Crippen molar-refractivity contribution in [3.63, 3.8) is 0 Å². The van der Waals surface area contributed by atoms with E-state index in [0.717, 1.165) is 17.0 Å². The summed E-state index contributed by atoms with van der Waals surface area (Å²) in [7, 11) is 1.63. The smallest absolute Gasteiger partial charge is 0.339 e. The Labute approximate surface area is 117 Å². The van der Waals surface area contributed by atoms with Crippen LogP contribution in [0.3, 0.4) is 0 Å². The number of benzene rings is 1. The van der Waals surface area contributed by atoms with E-state index in [0.29, 0.717) is 18.1 Å². The van der Waals surface area contributed by atoms with E-state index in [1.165, 1.54) is 0 Å². The number of anilines is 1. The fraction of sp³-hybridized carbons (Fsp3) is 0.267. The largest absolute Gasteiger partial charge is 0.496 e. The molecular formula is C15H17NO4. The molecule has 0 radical (unpaired) electrons. The van der Waals surface area contributed by atoms with Gasteiger partial charge in [0.05, 0.1) is 13.7 Å². The molecule has 106 valence electrons. The molecule has 2 aromatic rings. The molecule has 5 heteroatoms. The van der Waals surface area contributed by atoms with Gasteiger partial charge >= 0.3 is 5.97 Å². The Balaban J connectivity index is 2.07. The summed E-state index contributed by atoms with van der Waals surface area (Å²) in [5.74, 6) is 0.865. The van der Waals surface area contributed by atoms with Gasteiger partial charge < -0.3 is 19.6 Å². The average Bonchev–Trinajstić information content (AvgIpc) is 2.78. The molecule has 1 aromatic heterocycles. The zero-order valence-electron chi connectivity index (χ0n) is 11.7. The second kappa shape index (κ2) is 5.69. The lowest BCUT2D eigenvalue weighted by atomic mass is 10.2. The minimum Gasteiger partial charge on any atom is -0.496 e. The molecule has 0 bridgehead atoms. The molecular weight excluding hydrogens is 258 g/mol. The maximum atomic E-state index is 10.9. The van der Waals surface area contributed by atoms with Gasteiger partial charge in [-0.15, -0.1) is 0 Å². The number of furan rings is 1. The number of hydrogen-bond donors (Lipinski definition) is 2. The molecule has 0 aliphatic heterocycles. The third-order valence-corrected chi connectivity index (χ3v) is 3.06. The highest BCUT2D eigenvalue weighted by Crippen LogP contribution is 2.22. The van der Waals surface area contributed by atoms with Crippen molar-refractivity contribution >= 4 is 11.7 Å². The number of methoxy groups -OCH3 is 1. The standard InChI is InChI=1S/C15H17NO4/c1-9-6-11(4-5-14(9)19-3)16-8-12-7-13(15(17)18)10(2)20-12/h4-7,16H,8H2,1-3H3,(H,17,18). The van der Waals surface area contributed by atoms with Crippen LogP contribution in [-0.4, -0.2) is 18.2 Å². The van der Waals surface area contributed by atoms with Gasteiger partial charge in [-0.1, -0.05) is 0 Å². The number of ether oxygens (including phenoxy) is 1. The van der Waals surface area contributed by atoms with Crippen LogP contribution in [0.5, 0.6) is 5.75 Å². The first-order valence-corrected chi connectivity index (χ1v) is 6.22. The third-order valence-electron chi connectivity index (χ3n) is 3.06. The van der Waals surface area contributed by atoms with E-state index in [-0.39, 0.29) is 5.56 Å². The summed E-state index contributed by atoms with van der Waals surface area (Å²) in [6.45, 7) is 4.04. The Bertz CT molecular complexity index is 631. The fourth-order valence-corrected chi connectivity index (χ4v) is 2.02. The number of aryl methyl sites for hydroxylation is 2. The first kappa shape index (κ1) is 14.0. The second-order valence-corrected chi connectivity index (χ2v) is 4.53. The summed E-state index contributed by atoms with van der Waals surface area (Å²) in [5.41, 5.74) is 2.15. The van der Waals surface area contributed by atoms with Crippen molar-refractivity contribution in [2.24, 2.45) is 0 Å². The van der Waals surface area contributed by atoms with Crippen molar-refractivity contribution in [2.45, 2.75) is 20.4 Å². The fourth-order valence-electron chi connectivity index (χ4n) is 2.02. The van der Waals surface area contributed by atoms with Gasteiger partial charge in [-0.25, -0.2) is 4.79 Å². The SMILES string of the molecule is COc1ccc(NCc2cc(C(=O)O)c(C)o2)cc1C. The van der Waals surface area contributed by atoms with E-state index in [1.807, 2.05) is 25.1 Å². The van der Waals surface area contributed by atoms with E-state index < -0.39 is 5.97 Å². The van der Waals surface area contributed by atoms with E-state index in [1.54, 1.807) is 20.1 Å². The number of rotatable bonds is 5. The van der Waals surface area contributed by atoms with Crippen LogP contribution in [0.25, 0.3) is 0 Å². The summed E-state index contributed by atoms with van der Waals surface area (Å²) in [4.78, 5) is 10.9. The number of carbonyl (C=O) groups is 1. The van der Waals surface area contributed by atoms with Crippen LogP contribution in [0.15, 0.2) is 28.7 Å². The average molecular weight is 275 g/mol. The van der Waals surface area contributed by atoms with E-state index >= 15 is 0 Å². The molecule has 0 saturated carbocycles. The van der Waals surface area contributed by atoms with Crippen molar-refractivity contribution < 1.29 is 19.1 Å². The molecule has 0 aliphatic carbocycles. The van der Waals surface area contributed by atoms with Gasteiger partial charge in [0.25, 0.3) is 0 Å². The zero-order valence-corrected chi connectivity index (χ0v) is 11.7. The molecule has 1 heterocycles. The van der Waals surface area contributed by atoms with Crippen LogP contribution < -0.4 is 10.1 Å². The molecule has 2 N–H and O–H groups in total. The molecule has 0 amide bonds. The van der Waals surface area contributed by atoms with Gasteiger partial charge in [-0.05, 0) is 43.7 Å². The molecule has 5 nitrogen and oxygen atoms in total. The Hall–Kier alpha value is -2.43. The van der Waals surface area contributed by atoms with Gasteiger partial charge in [-0.3, -0.25) is 0 Å². The van der Waals surface area contributed by atoms with E-state index in [9.17, 15) is 4.79 Å². The Morgan fingerprint density at radius 1 is 1.35 bits per heavy atom. The molecule has 2 rings (SSSR count). The number of aromatic carboxylic acids is 1. The third kappa shape index (κ3) is 2.93. The normalized spacial score (nSPS) is 10.3. The Morgan fingerprint density at radius 3 is 2.65 bits per heavy atom. The summed E-state index contributed by atoms with van der Waals surface area (Å²) < 4.78 is 10.6. The van der Waals surface area contributed by atoms with Gasteiger partial charge in [0.1, 0.15) is 22.8 Å². The molecule has 0 spiro atoms. The van der Waals surface area contributed by atoms with Crippen LogP contribution in [0.4, 0.5) is 5.69 Å². The monoisotopic (exact) mass is 275 g/mol. The lowest BCUT2D eigenvalue weighted by Gasteiger charge is -2.08. The van der Waals surface area contributed by atoms with Crippen LogP contribution in [-0.2, 0) is 6.54 Å². The highest BCUT2D eigenvalue weighted by Gasteiger charge is 2.13. The minimum absolute atomic E-state index is 0.202. The molecule has 0 unspecified atom stereocenters. The molecule has 0 saturated heterocycles. The highest BCUT2D eigenvalue weighted by atomic mass is 16.5. The van der Waals surface area contributed by atoms with Crippen LogP contribution in [0, 0.1) is 13.8 Å². The quantitative estimate of drug-likeness (QED) is 0.876. The molecule has 0 fully saturated rings. The number of hydrogen-bond acceptors (Lipinski definition) is 4. The van der Waals surface area contributed by atoms with Gasteiger partial charge in [-0.2, -0.15) is 0 Å². The predicted molar refractivity (Wildman–Crippen MR) is 75.5 cm³/mol. The maximum absolute atomic E-state index is 10.9. The lowest BCUT2D eigenvalue weighted by molar-refractivity contribution is 0.0695. The number of carboxylic acids is 1. The van der Waals surface area contributed by atoms with E-state index in [2.05, 4.69) is 5.32 Å². The Morgan fingerprint density at radius 2 is 2.10 bits per heavy atom. The zero-order chi connectivity index (χ0) is 14.7. The highest BCUT2D eigenvalue weighted by molar-refractivity contribution is 5.88. The van der Waals surface area contributed by atoms with Gasteiger partial charge in [0.2, 0.25) is 0 Å². The predicted octanol–water partition coefficient (Wildman–Crippen LogP) is 3.22. The van der Waals surface area contributed by atoms with Gasteiger partial charge in [0.15, 0.2) is 0 Å². The summed E-state index contributed by atoms with van der Waals surface area (Å²) in [5, 5.41) is 12.2. The van der Waals surface area contributed by atoms with Crippen LogP contribution in [0.2, 0.25) is 0 Å². The molecule has 0 aliphatic rings. The summed E-state index contributed by atoms with van der Waals surface area (Å²) in [6.07, 6.45) is 0. The first-order valence-electron chi connectivity index (χ1n) is 6.22. The van der Waals surface area contributed by atoms with Crippen molar-refractivity contribution in [1.29, 1.82) is 0 Å².